The van der Waals surface area contributed by atoms with E-state index < -0.39 is 0 Å². The van der Waals surface area contributed by atoms with Gasteiger partial charge in [0.2, 0.25) is 0 Å². The number of carbonyl (C=O) groups excluding carboxylic acids is 1. The first kappa shape index (κ1) is 20.2. The van der Waals surface area contributed by atoms with Gasteiger partial charge in [0.1, 0.15) is 0 Å². The summed E-state index contributed by atoms with van der Waals surface area (Å²) in [6.07, 6.45) is 1.89. The molecule has 1 aromatic heterocycles. The van der Waals surface area contributed by atoms with Crippen LogP contribution in [0.25, 0.3) is 11.8 Å². The molecule has 1 saturated heterocycles. The Balaban J connectivity index is 1.74. The van der Waals surface area contributed by atoms with Crippen LogP contribution < -0.4 is 4.90 Å². The van der Waals surface area contributed by atoms with E-state index in [-0.39, 0.29) is 5.91 Å². The molecular weight excluding hydrogens is 443 g/mol. The summed E-state index contributed by atoms with van der Waals surface area (Å²) in [6.45, 7) is 3.99. The lowest BCUT2D eigenvalue weighted by molar-refractivity contribution is -0.113. The molecule has 1 amide bonds. The number of para-hydroxylation sites is 1. The van der Waals surface area contributed by atoms with Gasteiger partial charge in [0.05, 0.1) is 26.3 Å². The van der Waals surface area contributed by atoms with Crippen LogP contribution in [0.3, 0.4) is 0 Å². The van der Waals surface area contributed by atoms with Crippen molar-refractivity contribution in [1.82, 2.24) is 4.57 Å². The molecule has 0 spiro atoms. The number of thiocarbonyl (C=S) groups is 1. The molecule has 0 N–H and O–H groups in total. The molecule has 7 heteroatoms. The molecular formula is C22H16Cl2N2OS2. The van der Waals surface area contributed by atoms with Crippen LogP contribution in [0.2, 0.25) is 10.0 Å². The molecule has 3 aromatic rings. The van der Waals surface area contributed by atoms with Gasteiger partial charge in [-0.3, -0.25) is 9.69 Å². The number of aromatic nitrogens is 1. The Kier molecular flexibility index (Phi) is 5.58. The number of halogens is 2. The van der Waals surface area contributed by atoms with Gasteiger partial charge in [0, 0.05) is 11.4 Å². The summed E-state index contributed by atoms with van der Waals surface area (Å²) in [5.74, 6) is -0.114. The first-order valence-electron chi connectivity index (χ1n) is 8.85. The minimum Gasteiger partial charge on any atom is -0.316 e. The lowest BCUT2D eigenvalue weighted by atomic mass is 10.2. The van der Waals surface area contributed by atoms with Crippen molar-refractivity contribution < 1.29 is 4.79 Å². The van der Waals surface area contributed by atoms with E-state index in [9.17, 15) is 4.79 Å². The predicted molar refractivity (Wildman–Crippen MR) is 127 cm³/mol. The van der Waals surface area contributed by atoms with Crippen molar-refractivity contribution in [3.05, 3.63) is 86.5 Å². The van der Waals surface area contributed by atoms with Crippen molar-refractivity contribution in [3.63, 3.8) is 0 Å². The Morgan fingerprint density at radius 3 is 2.48 bits per heavy atom. The second-order valence-corrected chi connectivity index (χ2v) is 9.05. The van der Waals surface area contributed by atoms with Crippen LogP contribution in [-0.4, -0.2) is 14.8 Å². The van der Waals surface area contributed by atoms with Gasteiger partial charge in [-0.25, -0.2) is 0 Å². The minimum atomic E-state index is -0.114. The van der Waals surface area contributed by atoms with Crippen LogP contribution in [0.5, 0.6) is 0 Å². The predicted octanol–water partition coefficient (Wildman–Crippen LogP) is 6.81. The molecule has 2 aromatic carbocycles. The standard InChI is InChI=1S/C22H16Cl2N2OS2/c1-13-11-15(14(2)25(13)18-10-6-9-17(23)20(18)24)12-19-21(27)26(22(28)29-19)16-7-4-3-5-8-16/h3-12H,1-2H3/b19-12+. The zero-order valence-corrected chi connectivity index (χ0v) is 18.8. The summed E-state index contributed by atoms with van der Waals surface area (Å²) in [5.41, 5.74) is 4.49. The van der Waals surface area contributed by atoms with Crippen molar-refractivity contribution in [3.8, 4) is 5.69 Å². The summed E-state index contributed by atoms with van der Waals surface area (Å²) < 4.78 is 2.57. The van der Waals surface area contributed by atoms with Gasteiger partial charge >= 0.3 is 0 Å². The lowest BCUT2D eigenvalue weighted by Gasteiger charge is -2.13. The van der Waals surface area contributed by atoms with E-state index in [1.165, 1.54) is 11.8 Å². The van der Waals surface area contributed by atoms with Crippen LogP contribution in [0.4, 0.5) is 5.69 Å². The van der Waals surface area contributed by atoms with E-state index >= 15 is 0 Å². The van der Waals surface area contributed by atoms with Gasteiger partial charge in [0.15, 0.2) is 4.32 Å². The number of hydrogen-bond donors (Lipinski definition) is 0. The maximum atomic E-state index is 13.0. The highest BCUT2D eigenvalue weighted by atomic mass is 35.5. The van der Waals surface area contributed by atoms with E-state index in [1.54, 1.807) is 11.0 Å². The van der Waals surface area contributed by atoms with Gasteiger partial charge in [-0.05, 0) is 55.8 Å². The normalized spacial score (nSPS) is 15.6. The summed E-state index contributed by atoms with van der Waals surface area (Å²) in [5, 5.41) is 1.000. The number of aryl methyl sites for hydroxylation is 1. The molecule has 1 aliphatic heterocycles. The monoisotopic (exact) mass is 458 g/mol. The average molecular weight is 459 g/mol. The van der Waals surface area contributed by atoms with Gasteiger partial charge < -0.3 is 4.57 Å². The van der Waals surface area contributed by atoms with Crippen LogP contribution >= 0.6 is 47.2 Å². The molecule has 1 aliphatic rings. The molecule has 1 fully saturated rings. The summed E-state index contributed by atoms with van der Waals surface area (Å²) in [4.78, 5) is 15.2. The van der Waals surface area contributed by atoms with Gasteiger partial charge in [0.25, 0.3) is 5.91 Å². The summed E-state index contributed by atoms with van der Waals surface area (Å²) in [7, 11) is 0. The van der Waals surface area contributed by atoms with Crippen molar-refractivity contribution in [2.75, 3.05) is 4.90 Å². The number of benzene rings is 2. The first-order valence-corrected chi connectivity index (χ1v) is 10.8. The molecule has 2 heterocycles. The van der Waals surface area contributed by atoms with Crippen LogP contribution in [0.15, 0.2) is 59.5 Å². The number of anilines is 1. The second-order valence-electron chi connectivity index (χ2n) is 6.59. The Labute approximate surface area is 188 Å². The number of rotatable bonds is 3. The van der Waals surface area contributed by atoms with Crippen molar-refractivity contribution in [1.29, 1.82) is 0 Å². The molecule has 0 bridgehead atoms. The molecule has 4 rings (SSSR count). The van der Waals surface area contributed by atoms with Crippen LogP contribution in [0.1, 0.15) is 17.0 Å². The third-order valence-electron chi connectivity index (χ3n) is 4.74. The number of nitrogens with zero attached hydrogens (tertiary/aromatic N) is 2. The van der Waals surface area contributed by atoms with Gasteiger partial charge in [-0.1, -0.05) is 71.4 Å². The van der Waals surface area contributed by atoms with E-state index in [0.29, 0.717) is 19.3 Å². The Bertz CT molecular complexity index is 1170. The van der Waals surface area contributed by atoms with Crippen molar-refractivity contribution in [2.24, 2.45) is 0 Å². The molecule has 3 nitrogen and oxygen atoms in total. The van der Waals surface area contributed by atoms with Gasteiger partial charge in [-0.2, -0.15) is 0 Å². The quantitative estimate of drug-likeness (QED) is 0.318. The molecule has 0 radical (unpaired) electrons. The van der Waals surface area contributed by atoms with Gasteiger partial charge in [-0.15, -0.1) is 0 Å². The van der Waals surface area contributed by atoms with E-state index in [0.717, 1.165) is 28.3 Å². The second kappa shape index (κ2) is 8.00. The summed E-state index contributed by atoms with van der Waals surface area (Å²) in [6, 6.07) is 17.0. The number of carbonyl (C=O) groups is 1. The van der Waals surface area contributed by atoms with Crippen molar-refractivity contribution in [2.45, 2.75) is 13.8 Å². The molecule has 0 saturated carbocycles. The number of amides is 1. The number of hydrogen-bond acceptors (Lipinski definition) is 3. The number of thioether (sulfide) groups is 1. The lowest BCUT2D eigenvalue weighted by Crippen LogP contribution is -2.27. The third kappa shape index (κ3) is 3.64. The molecule has 0 atom stereocenters. The Hall–Kier alpha value is -2.05. The summed E-state index contributed by atoms with van der Waals surface area (Å²) >= 11 is 19.4. The molecule has 0 unspecified atom stereocenters. The maximum Gasteiger partial charge on any atom is 0.270 e. The topological polar surface area (TPSA) is 25.2 Å². The minimum absolute atomic E-state index is 0.114. The molecule has 0 aliphatic carbocycles. The Morgan fingerprint density at radius 1 is 1.03 bits per heavy atom. The fourth-order valence-electron chi connectivity index (χ4n) is 3.38. The molecule has 29 heavy (non-hydrogen) atoms. The van der Waals surface area contributed by atoms with Crippen LogP contribution in [0, 0.1) is 13.8 Å². The highest BCUT2D eigenvalue weighted by Gasteiger charge is 2.33. The maximum absolute atomic E-state index is 13.0. The SMILES string of the molecule is Cc1cc(/C=C2/SC(=S)N(c3ccccc3)C2=O)c(C)n1-c1cccc(Cl)c1Cl. The zero-order chi connectivity index (χ0) is 20.7. The highest BCUT2D eigenvalue weighted by Crippen LogP contribution is 2.37. The van der Waals surface area contributed by atoms with Crippen LogP contribution in [-0.2, 0) is 4.79 Å². The first-order chi connectivity index (χ1) is 13.9. The third-order valence-corrected chi connectivity index (χ3v) is 6.85. The Morgan fingerprint density at radius 2 is 1.76 bits per heavy atom. The van der Waals surface area contributed by atoms with E-state index in [2.05, 4.69) is 0 Å². The largest absolute Gasteiger partial charge is 0.316 e. The van der Waals surface area contributed by atoms with E-state index in [4.69, 9.17) is 35.4 Å². The zero-order valence-electron chi connectivity index (χ0n) is 15.6. The van der Waals surface area contributed by atoms with E-state index in [1.807, 2.05) is 73.0 Å². The van der Waals surface area contributed by atoms with Crippen molar-refractivity contribution >= 4 is 69.2 Å². The molecule has 146 valence electrons. The highest BCUT2D eigenvalue weighted by molar-refractivity contribution is 8.27. The fraction of sp³-hybridized carbons (Fsp3) is 0.0909. The fourth-order valence-corrected chi connectivity index (χ4v) is 5.05. The smallest absolute Gasteiger partial charge is 0.270 e. The average Bonchev–Trinajstić information content (AvgIpc) is 3.13.